The Morgan fingerprint density at radius 2 is 1.78 bits per heavy atom. The van der Waals surface area contributed by atoms with Crippen molar-refractivity contribution in [3.8, 4) is 0 Å². The van der Waals surface area contributed by atoms with Crippen LogP contribution in [0.1, 0.15) is 62.5 Å². The van der Waals surface area contributed by atoms with Crippen molar-refractivity contribution in [3.05, 3.63) is 17.1 Å². The van der Waals surface area contributed by atoms with Gasteiger partial charge in [0, 0.05) is 17.2 Å². The molecule has 0 amide bonds. The van der Waals surface area contributed by atoms with Gasteiger partial charge in [0.15, 0.2) is 0 Å². The van der Waals surface area contributed by atoms with Gasteiger partial charge >= 0.3 is 0 Å². The molecule has 1 saturated carbocycles. The van der Waals surface area contributed by atoms with Gasteiger partial charge in [-0.1, -0.05) is 13.8 Å². The van der Waals surface area contributed by atoms with Crippen molar-refractivity contribution >= 4 is 5.82 Å². The number of nitrogens with two attached hydrogens (primary N) is 1. The van der Waals surface area contributed by atoms with Gasteiger partial charge in [-0.2, -0.15) is 0 Å². The average molecular weight is 248 g/mol. The lowest BCUT2D eigenvalue weighted by Gasteiger charge is -2.33. The van der Waals surface area contributed by atoms with E-state index in [0.29, 0.717) is 11.3 Å². The third kappa shape index (κ3) is 2.64. The minimum Gasteiger partial charge on any atom is -0.308 e. The Morgan fingerprint density at radius 1 is 1.17 bits per heavy atom. The molecule has 0 atom stereocenters. The molecular formula is C14H24N4. The topological polar surface area (TPSA) is 63.8 Å². The number of aromatic nitrogens is 2. The number of aryl methyl sites for hydroxylation is 1. The summed E-state index contributed by atoms with van der Waals surface area (Å²) in [6.45, 7) is 8.71. The first-order valence-corrected chi connectivity index (χ1v) is 6.75. The molecule has 1 aliphatic rings. The number of nitrogen functional groups attached to an aromatic ring is 1. The van der Waals surface area contributed by atoms with Crippen molar-refractivity contribution in [2.75, 3.05) is 5.43 Å². The SMILES string of the molecule is Cc1nc(C2CCC(C)(C)CC2)nc(NN)c1C. The van der Waals surface area contributed by atoms with Gasteiger partial charge in [-0.15, -0.1) is 0 Å². The summed E-state index contributed by atoms with van der Waals surface area (Å²) in [5, 5.41) is 0. The Morgan fingerprint density at radius 3 is 2.33 bits per heavy atom. The van der Waals surface area contributed by atoms with E-state index >= 15 is 0 Å². The molecule has 0 aliphatic heterocycles. The summed E-state index contributed by atoms with van der Waals surface area (Å²) in [6, 6.07) is 0. The maximum absolute atomic E-state index is 5.52. The molecule has 0 aromatic carbocycles. The average Bonchev–Trinajstić information content (AvgIpc) is 2.32. The van der Waals surface area contributed by atoms with Crippen LogP contribution in [0.5, 0.6) is 0 Å². The van der Waals surface area contributed by atoms with Gasteiger partial charge in [0.25, 0.3) is 0 Å². The van der Waals surface area contributed by atoms with E-state index in [-0.39, 0.29) is 0 Å². The monoisotopic (exact) mass is 248 g/mol. The van der Waals surface area contributed by atoms with Gasteiger partial charge in [-0.3, -0.25) is 0 Å². The van der Waals surface area contributed by atoms with Crippen LogP contribution in [0.3, 0.4) is 0 Å². The summed E-state index contributed by atoms with van der Waals surface area (Å²) in [4.78, 5) is 9.22. The van der Waals surface area contributed by atoms with Gasteiger partial charge in [-0.05, 0) is 44.9 Å². The Balaban J connectivity index is 2.22. The Bertz CT molecular complexity index is 430. The number of hydrazine groups is 1. The lowest BCUT2D eigenvalue weighted by molar-refractivity contribution is 0.220. The summed E-state index contributed by atoms with van der Waals surface area (Å²) in [6.07, 6.45) is 4.86. The number of nitrogens with zero attached hydrogens (tertiary/aromatic N) is 2. The highest BCUT2D eigenvalue weighted by Gasteiger charge is 2.29. The molecule has 18 heavy (non-hydrogen) atoms. The van der Waals surface area contributed by atoms with Crippen molar-refractivity contribution in [2.24, 2.45) is 11.3 Å². The van der Waals surface area contributed by atoms with Gasteiger partial charge in [0.1, 0.15) is 11.6 Å². The Kier molecular flexibility index (Phi) is 3.57. The standard InChI is InChI=1S/C14H24N4/c1-9-10(2)16-13(17-12(9)18-15)11-5-7-14(3,4)8-6-11/h11H,5-8,15H2,1-4H3,(H,16,17,18). The lowest BCUT2D eigenvalue weighted by Crippen LogP contribution is -2.22. The van der Waals surface area contributed by atoms with Crippen LogP contribution in [0.15, 0.2) is 0 Å². The minimum atomic E-state index is 0.477. The van der Waals surface area contributed by atoms with Crippen LogP contribution in [0.25, 0.3) is 0 Å². The highest BCUT2D eigenvalue weighted by atomic mass is 15.3. The van der Waals surface area contributed by atoms with Crippen molar-refractivity contribution in [2.45, 2.75) is 59.3 Å². The van der Waals surface area contributed by atoms with Crippen molar-refractivity contribution < 1.29 is 0 Å². The van der Waals surface area contributed by atoms with Crippen LogP contribution < -0.4 is 11.3 Å². The van der Waals surface area contributed by atoms with Crippen LogP contribution >= 0.6 is 0 Å². The van der Waals surface area contributed by atoms with E-state index in [4.69, 9.17) is 5.84 Å². The predicted octanol–water partition coefficient (Wildman–Crippen LogP) is 3.06. The third-order valence-corrected chi connectivity index (χ3v) is 4.25. The number of rotatable bonds is 2. The summed E-state index contributed by atoms with van der Waals surface area (Å²) < 4.78 is 0. The fourth-order valence-corrected chi connectivity index (χ4v) is 2.63. The summed E-state index contributed by atoms with van der Waals surface area (Å²) >= 11 is 0. The summed E-state index contributed by atoms with van der Waals surface area (Å²) in [5.74, 6) is 7.74. The highest BCUT2D eigenvalue weighted by Crippen LogP contribution is 2.41. The molecule has 0 saturated heterocycles. The predicted molar refractivity (Wildman–Crippen MR) is 74.3 cm³/mol. The van der Waals surface area contributed by atoms with E-state index in [1.807, 2.05) is 13.8 Å². The first-order valence-electron chi connectivity index (χ1n) is 6.75. The second kappa shape index (κ2) is 4.84. The number of hydrogen-bond donors (Lipinski definition) is 2. The molecule has 4 nitrogen and oxygen atoms in total. The number of hydrogen-bond acceptors (Lipinski definition) is 4. The molecule has 100 valence electrons. The molecule has 0 spiro atoms. The van der Waals surface area contributed by atoms with Crippen molar-refractivity contribution in [1.29, 1.82) is 0 Å². The Labute approximate surface area is 109 Å². The van der Waals surface area contributed by atoms with Crippen LogP contribution in [0.2, 0.25) is 0 Å². The smallest absolute Gasteiger partial charge is 0.146 e. The quantitative estimate of drug-likeness (QED) is 0.623. The maximum atomic E-state index is 5.52. The van der Waals surface area contributed by atoms with Crippen LogP contribution in [0.4, 0.5) is 5.82 Å². The van der Waals surface area contributed by atoms with Crippen LogP contribution in [-0.2, 0) is 0 Å². The zero-order valence-electron chi connectivity index (χ0n) is 11.9. The minimum absolute atomic E-state index is 0.477. The molecule has 1 aromatic heterocycles. The molecular weight excluding hydrogens is 224 g/mol. The molecule has 2 rings (SSSR count). The molecule has 1 aromatic rings. The highest BCUT2D eigenvalue weighted by molar-refractivity contribution is 5.44. The van der Waals surface area contributed by atoms with Crippen molar-refractivity contribution in [1.82, 2.24) is 9.97 Å². The van der Waals surface area contributed by atoms with E-state index < -0.39 is 0 Å². The number of nitrogens with one attached hydrogen (secondary N) is 1. The largest absolute Gasteiger partial charge is 0.308 e. The van der Waals surface area contributed by atoms with Gasteiger partial charge in [-0.25, -0.2) is 15.8 Å². The lowest BCUT2D eigenvalue weighted by atomic mass is 9.73. The molecule has 1 heterocycles. The second-order valence-electron chi connectivity index (χ2n) is 6.22. The van der Waals surface area contributed by atoms with Crippen molar-refractivity contribution in [3.63, 3.8) is 0 Å². The molecule has 3 N–H and O–H groups in total. The van der Waals surface area contributed by atoms with E-state index in [2.05, 4.69) is 29.2 Å². The molecule has 4 heteroatoms. The maximum Gasteiger partial charge on any atom is 0.146 e. The molecule has 0 radical (unpaired) electrons. The molecule has 1 fully saturated rings. The van der Waals surface area contributed by atoms with Gasteiger partial charge in [0.05, 0.1) is 0 Å². The fraction of sp³-hybridized carbons (Fsp3) is 0.714. The van der Waals surface area contributed by atoms with E-state index in [1.165, 1.54) is 25.7 Å². The van der Waals surface area contributed by atoms with Crippen LogP contribution in [-0.4, -0.2) is 9.97 Å². The number of anilines is 1. The first-order chi connectivity index (χ1) is 8.43. The summed E-state index contributed by atoms with van der Waals surface area (Å²) in [5.41, 5.74) is 5.22. The summed E-state index contributed by atoms with van der Waals surface area (Å²) in [7, 11) is 0. The molecule has 0 bridgehead atoms. The molecule has 0 unspecified atom stereocenters. The third-order valence-electron chi connectivity index (χ3n) is 4.25. The zero-order valence-corrected chi connectivity index (χ0v) is 11.9. The zero-order chi connectivity index (χ0) is 13.3. The van der Waals surface area contributed by atoms with E-state index in [0.717, 1.165) is 22.9 Å². The second-order valence-corrected chi connectivity index (χ2v) is 6.22. The molecule has 1 aliphatic carbocycles. The van der Waals surface area contributed by atoms with Gasteiger partial charge in [0.2, 0.25) is 0 Å². The van der Waals surface area contributed by atoms with E-state index in [9.17, 15) is 0 Å². The Hall–Kier alpha value is -1.16. The van der Waals surface area contributed by atoms with Crippen LogP contribution in [0, 0.1) is 19.3 Å². The van der Waals surface area contributed by atoms with Gasteiger partial charge < -0.3 is 5.43 Å². The first kappa shape index (κ1) is 13.3. The van der Waals surface area contributed by atoms with E-state index in [1.54, 1.807) is 0 Å². The fourth-order valence-electron chi connectivity index (χ4n) is 2.63. The normalized spacial score (nSPS) is 19.8.